The Bertz CT molecular complexity index is 4050. The number of rotatable bonds is 9. The van der Waals surface area contributed by atoms with E-state index >= 15 is 0 Å². The summed E-state index contributed by atoms with van der Waals surface area (Å²) in [6.45, 7) is 6.74. The first-order chi connectivity index (χ1) is 40.2. The van der Waals surface area contributed by atoms with Gasteiger partial charge in [0, 0.05) is 39.3 Å². The molecular weight excluding hydrogens is 863 g/mol. The molecule has 4 nitrogen and oxygen atoms in total. The summed E-state index contributed by atoms with van der Waals surface area (Å²) in [5.41, 5.74) is 4.90. The maximum absolute atomic E-state index is 12.6. The van der Waals surface area contributed by atoms with Crippen LogP contribution >= 0.6 is 0 Å². The molecule has 2 heterocycles. The number of benzene rings is 7. The van der Waals surface area contributed by atoms with Crippen LogP contribution in [0.4, 0.5) is 0 Å². The van der Waals surface area contributed by atoms with Gasteiger partial charge in [-0.1, -0.05) is 193 Å². The number of pyridine rings is 1. The summed E-state index contributed by atoms with van der Waals surface area (Å²) in [6, 6.07) is 36.1. The number of aromatic nitrogens is 3. The van der Waals surface area contributed by atoms with Gasteiger partial charge in [-0.05, 0) is 150 Å². The minimum atomic E-state index is -3.84. The Hall–Kier alpha value is -7.04. The molecule has 360 valence electrons. The summed E-state index contributed by atoms with van der Waals surface area (Å²) >= 11 is 0. The van der Waals surface area contributed by atoms with Gasteiger partial charge in [0.05, 0.1) is 33.5 Å². The van der Waals surface area contributed by atoms with Gasteiger partial charge in [-0.3, -0.25) is 9.55 Å². The van der Waals surface area contributed by atoms with Gasteiger partial charge in [-0.15, -0.1) is 0 Å². The third kappa shape index (κ3) is 9.74. The molecule has 0 amide bonds. The smallest absolute Gasteiger partial charge is 0.149 e. The quantitative estimate of drug-likeness (QED) is 0.157. The monoisotopic (exact) mass is 950 g/mol. The predicted octanol–water partition coefficient (Wildman–Crippen LogP) is 18.6. The minimum Gasteiger partial charge on any atom is -0.507 e. The number of hydrogen-bond donors (Lipinski definition) is 1. The number of hydrogen-bond acceptors (Lipinski definition) is 3. The average molecular weight is 950 g/mol. The molecule has 0 fully saturated rings. The van der Waals surface area contributed by atoms with E-state index in [1.54, 1.807) is 12.1 Å². The van der Waals surface area contributed by atoms with E-state index in [2.05, 4.69) is 73.6 Å². The van der Waals surface area contributed by atoms with Crippen molar-refractivity contribution in [2.45, 2.75) is 125 Å². The molecule has 0 aliphatic rings. The fraction of sp³-hybridized carbons (Fsp3) is 0.284. The highest BCUT2D eigenvalue weighted by Crippen LogP contribution is 2.46. The maximum Gasteiger partial charge on any atom is 0.149 e. The lowest BCUT2D eigenvalue weighted by atomic mass is 9.83. The number of para-hydroxylation sites is 1. The molecule has 0 radical (unpaired) electrons. The van der Waals surface area contributed by atoms with Crippen LogP contribution in [0.2, 0.25) is 0 Å². The Morgan fingerprint density at radius 3 is 1.87 bits per heavy atom. The first-order valence-corrected chi connectivity index (χ1v) is 24.2. The Labute approximate surface area is 446 Å². The van der Waals surface area contributed by atoms with E-state index in [-0.39, 0.29) is 39.7 Å². The fourth-order valence-corrected chi connectivity index (χ4v) is 9.14. The summed E-state index contributed by atoms with van der Waals surface area (Å²) in [5.74, 6) is 0.409. The topological polar surface area (TPSA) is 50.9 Å². The van der Waals surface area contributed by atoms with Crippen molar-refractivity contribution in [1.29, 1.82) is 0 Å². The van der Waals surface area contributed by atoms with Crippen molar-refractivity contribution in [3.63, 3.8) is 0 Å². The standard InChI is InChI=1S/C67H71N3O/c1-41(2)48-37-55(42(3)4)63(71)58(38-48)64-69-62-54(49-34-50(36-53(35-49)67(12,13)14)59-39-47(31-32-68-59)44-23-27-51(28-24-44)65(6,7)8)21-18-22-60(62)70(64)61-40-56(45-19-16-15-17-20-45)43(5)33-57(61)46-25-29-52(30-26-46)66(9,10)11/h15-42,71H,1-14H3/i5D3,6D3,7D3,8D3,23D,24D,27D,28D. The summed E-state index contributed by atoms with van der Waals surface area (Å²) in [5, 5.41) is 12.6. The van der Waals surface area contributed by atoms with Crippen LogP contribution in [0, 0.1) is 6.85 Å². The van der Waals surface area contributed by atoms with Crippen molar-refractivity contribution in [2.24, 2.45) is 0 Å². The first-order valence-electron chi connectivity index (χ1n) is 32.2. The Morgan fingerprint density at radius 1 is 0.535 bits per heavy atom. The second-order valence-electron chi connectivity index (χ2n) is 21.3. The number of phenolic OH excluding ortho intramolecular Hbond substituents is 1. The van der Waals surface area contributed by atoms with Gasteiger partial charge in [0.25, 0.3) is 0 Å². The molecule has 0 atom stereocenters. The van der Waals surface area contributed by atoms with Crippen LogP contribution in [-0.4, -0.2) is 19.6 Å². The number of aryl methyl sites for hydroxylation is 1. The van der Waals surface area contributed by atoms with Gasteiger partial charge in [0.1, 0.15) is 11.6 Å². The van der Waals surface area contributed by atoms with Gasteiger partial charge < -0.3 is 5.11 Å². The van der Waals surface area contributed by atoms with E-state index in [0.717, 1.165) is 27.8 Å². The van der Waals surface area contributed by atoms with Gasteiger partial charge >= 0.3 is 0 Å². The molecule has 7 aromatic carbocycles. The molecule has 4 heteroatoms. The summed E-state index contributed by atoms with van der Waals surface area (Å²) < 4.78 is 140. The number of nitrogens with zero attached hydrogens (tertiary/aromatic N) is 3. The molecule has 71 heavy (non-hydrogen) atoms. The maximum atomic E-state index is 12.6. The second-order valence-corrected chi connectivity index (χ2v) is 21.3. The Kier molecular flexibility index (Phi) is 8.59. The number of fused-ring (bicyclic) bond motifs is 1. The van der Waals surface area contributed by atoms with Crippen molar-refractivity contribution in [2.75, 3.05) is 0 Å². The van der Waals surface area contributed by atoms with Crippen LogP contribution in [0.25, 0.3) is 83.9 Å². The number of imidazole rings is 1. The molecule has 0 unspecified atom stereocenters. The van der Waals surface area contributed by atoms with E-state index in [9.17, 15) is 7.85 Å². The molecule has 0 aliphatic carbocycles. The van der Waals surface area contributed by atoms with E-state index in [4.69, 9.17) is 29.2 Å². The molecule has 2 aromatic heterocycles. The molecule has 0 bridgehead atoms. The molecule has 9 aromatic rings. The first kappa shape index (κ1) is 32.8. The van der Waals surface area contributed by atoms with E-state index in [0.29, 0.717) is 67.2 Å². The van der Waals surface area contributed by atoms with Crippen molar-refractivity contribution in [3.05, 3.63) is 191 Å². The summed E-state index contributed by atoms with van der Waals surface area (Å²) in [7, 11) is 0. The molecule has 0 aliphatic heterocycles. The van der Waals surface area contributed by atoms with Crippen LogP contribution in [-0.2, 0) is 16.2 Å². The third-order valence-electron chi connectivity index (χ3n) is 13.4. The van der Waals surface area contributed by atoms with Gasteiger partial charge in [0.15, 0.2) is 0 Å². The van der Waals surface area contributed by atoms with Crippen LogP contribution in [0.15, 0.2) is 158 Å². The van der Waals surface area contributed by atoms with Crippen molar-refractivity contribution in [1.82, 2.24) is 14.5 Å². The predicted molar refractivity (Wildman–Crippen MR) is 302 cm³/mol. The van der Waals surface area contributed by atoms with Gasteiger partial charge in [-0.2, -0.15) is 0 Å². The number of phenols is 1. The van der Waals surface area contributed by atoms with Gasteiger partial charge in [0.2, 0.25) is 0 Å². The highest BCUT2D eigenvalue weighted by atomic mass is 16.3. The van der Waals surface area contributed by atoms with Crippen molar-refractivity contribution >= 4 is 11.0 Å². The van der Waals surface area contributed by atoms with E-state index in [1.807, 2.05) is 109 Å². The second kappa shape index (κ2) is 18.6. The zero-order chi connectivity index (χ0) is 64.2. The zero-order valence-electron chi connectivity index (χ0n) is 58.1. The molecule has 0 saturated heterocycles. The lowest BCUT2D eigenvalue weighted by Gasteiger charge is -2.22. The normalized spacial score (nSPS) is 16.4. The Morgan fingerprint density at radius 2 is 1.23 bits per heavy atom. The van der Waals surface area contributed by atoms with E-state index in [1.165, 1.54) is 12.3 Å². The van der Waals surface area contributed by atoms with Gasteiger partial charge in [-0.25, -0.2) is 4.98 Å². The van der Waals surface area contributed by atoms with Crippen LogP contribution in [0.1, 0.15) is 157 Å². The van der Waals surface area contributed by atoms with E-state index < -0.39 is 68.0 Å². The van der Waals surface area contributed by atoms with Crippen LogP contribution in [0.3, 0.4) is 0 Å². The SMILES string of the molecule is [2H]c1c([2H])c(C(C([2H])([2H])[2H])(C([2H])([2H])[2H])C([2H])([2H])[2H])c([2H])c([2H])c1-c1ccnc(-c2cc(-c3cccc4c3nc(-c3cc(C(C)C)cc(C(C)C)c3O)n4-c3cc(-c4ccccc4)c(C([2H])([2H])[2H])cc3-c3ccc(C(C)(C)C)cc3)cc(C(C)(C)C)c2)c1. The lowest BCUT2D eigenvalue weighted by Crippen LogP contribution is -2.11. The lowest BCUT2D eigenvalue weighted by molar-refractivity contribution is 0.466. The number of aromatic hydroxyl groups is 1. The summed E-state index contributed by atoms with van der Waals surface area (Å²) in [4.78, 5) is 10.4. The van der Waals surface area contributed by atoms with Crippen LogP contribution in [0.5, 0.6) is 5.75 Å². The highest BCUT2D eigenvalue weighted by Gasteiger charge is 2.27. The molecule has 9 rings (SSSR count). The molecule has 1 N–H and O–H groups in total. The largest absolute Gasteiger partial charge is 0.507 e. The minimum absolute atomic E-state index is 0.0487. The fourth-order valence-electron chi connectivity index (χ4n) is 9.14. The molecular formula is C67H71N3O. The van der Waals surface area contributed by atoms with Crippen molar-refractivity contribution < 1.29 is 27.0 Å². The Balaban J connectivity index is 1.36. The average Bonchev–Trinajstić information content (AvgIpc) is 0.945. The highest BCUT2D eigenvalue weighted by molar-refractivity contribution is 5.98. The summed E-state index contributed by atoms with van der Waals surface area (Å²) in [6.07, 6.45) is 1.42. The zero-order valence-corrected chi connectivity index (χ0v) is 42.1. The molecule has 0 saturated carbocycles. The van der Waals surface area contributed by atoms with Crippen molar-refractivity contribution in [3.8, 4) is 78.6 Å². The van der Waals surface area contributed by atoms with Crippen LogP contribution < -0.4 is 0 Å². The third-order valence-corrected chi connectivity index (χ3v) is 13.4. The molecule has 0 spiro atoms.